The Kier molecular flexibility index (Phi) is 4.22. The van der Waals surface area contributed by atoms with Crippen LogP contribution in [0.1, 0.15) is 59.4 Å². The van der Waals surface area contributed by atoms with E-state index in [-0.39, 0.29) is 17.1 Å². The van der Waals surface area contributed by atoms with Crippen LogP contribution in [0.2, 0.25) is 5.02 Å². The van der Waals surface area contributed by atoms with E-state index in [1.54, 1.807) is 12.1 Å². The molecule has 0 bridgehead atoms. The van der Waals surface area contributed by atoms with Gasteiger partial charge in [-0.2, -0.15) is 0 Å². The summed E-state index contributed by atoms with van der Waals surface area (Å²) in [6.45, 7) is 7.90. The third-order valence-corrected chi connectivity index (χ3v) is 5.03. The highest BCUT2D eigenvalue weighted by molar-refractivity contribution is 6.31. The minimum atomic E-state index is -0.595. The molecule has 0 aliphatic heterocycles. The first-order valence-corrected chi connectivity index (χ1v) is 8.43. The number of amides is 1. The summed E-state index contributed by atoms with van der Waals surface area (Å²) in [7, 11) is 0. The molecule has 1 amide bonds. The molecular weight excluding hydrogens is 326 g/mol. The largest absolute Gasteiger partial charge is 0.455 e. The second kappa shape index (κ2) is 5.94. The zero-order valence-electron chi connectivity index (χ0n) is 14.4. The van der Waals surface area contributed by atoms with Crippen molar-refractivity contribution in [2.45, 2.75) is 46.6 Å². The summed E-state index contributed by atoms with van der Waals surface area (Å²) < 4.78 is 5.83. The van der Waals surface area contributed by atoms with E-state index in [2.05, 4.69) is 19.2 Å². The number of hydrogen-bond acceptors (Lipinski definition) is 3. The van der Waals surface area contributed by atoms with Crippen molar-refractivity contribution in [1.29, 1.82) is 0 Å². The smallest absolute Gasteiger partial charge is 0.291 e. The van der Waals surface area contributed by atoms with Crippen molar-refractivity contribution in [2.75, 3.05) is 5.32 Å². The van der Waals surface area contributed by atoms with E-state index in [0.29, 0.717) is 34.9 Å². The van der Waals surface area contributed by atoms with Crippen LogP contribution in [0.15, 0.2) is 22.6 Å². The van der Waals surface area contributed by atoms with Crippen LogP contribution in [0.3, 0.4) is 0 Å². The standard InChI is InChI=1S/C19H22ClNO3/c1-10-5-6-12(7-13(10)20)21-18(23)17-11(2)16-14(22)8-19(3,4)9-15(16)24-17/h5-7,14,22H,8-9H2,1-4H3,(H,21,23). The Morgan fingerprint density at radius 1 is 1.38 bits per heavy atom. The number of aliphatic hydroxyl groups excluding tert-OH is 1. The highest BCUT2D eigenvalue weighted by atomic mass is 35.5. The fraction of sp³-hybridized carbons (Fsp3) is 0.421. The Morgan fingerprint density at radius 3 is 2.75 bits per heavy atom. The van der Waals surface area contributed by atoms with Gasteiger partial charge in [0.25, 0.3) is 5.91 Å². The number of benzene rings is 1. The van der Waals surface area contributed by atoms with Crippen molar-refractivity contribution in [1.82, 2.24) is 0 Å². The normalized spacial score (nSPS) is 19.0. The Bertz CT molecular complexity index is 807. The predicted octanol–water partition coefficient (Wildman–Crippen LogP) is 4.81. The summed E-state index contributed by atoms with van der Waals surface area (Å²) in [5, 5.41) is 13.8. The van der Waals surface area contributed by atoms with E-state index in [4.69, 9.17) is 16.0 Å². The van der Waals surface area contributed by atoms with Gasteiger partial charge < -0.3 is 14.8 Å². The van der Waals surface area contributed by atoms with Crippen molar-refractivity contribution >= 4 is 23.2 Å². The summed E-state index contributed by atoms with van der Waals surface area (Å²) >= 11 is 6.10. The second-order valence-corrected chi connectivity index (χ2v) is 7.78. The van der Waals surface area contributed by atoms with E-state index in [9.17, 15) is 9.90 Å². The SMILES string of the molecule is Cc1ccc(NC(=O)c2oc3c(c2C)C(O)CC(C)(C)C3)cc1Cl. The monoisotopic (exact) mass is 347 g/mol. The second-order valence-electron chi connectivity index (χ2n) is 7.37. The van der Waals surface area contributed by atoms with Crippen LogP contribution >= 0.6 is 11.6 Å². The van der Waals surface area contributed by atoms with Gasteiger partial charge in [-0.15, -0.1) is 0 Å². The fourth-order valence-corrected chi connectivity index (χ4v) is 3.54. The van der Waals surface area contributed by atoms with Crippen LogP contribution in [0.25, 0.3) is 0 Å². The minimum Gasteiger partial charge on any atom is -0.455 e. The molecule has 1 heterocycles. The average molecular weight is 348 g/mol. The Balaban J connectivity index is 1.90. The molecule has 0 spiro atoms. The Labute approximate surface area is 146 Å². The number of aliphatic hydroxyl groups is 1. The maximum atomic E-state index is 12.6. The summed E-state index contributed by atoms with van der Waals surface area (Å²) in [6.07, 6.45) is 0.779. The molecule has 0 saturated heterocycles. The van der Waals surface area contributed by atoms with Gasteiger partial charge in [0, 0.05) is 28.3 Å². The molecule has 0 fully saturated rings. The van der Waals surface area contributed by atoms with Gasteiger partial charge in [0.05, 0.1) is 6.10 Å². The molecule has 1 unspecified atom stereocenters. The van der Waals surface area contributed by atoms with Gasteiger partial charge in [0.2, 0.25) is 0 Å². The molecule has 0 radical (unpaired) electrons. The number of rotatable bonds is 2. The molecule has 4 nitrogen and oxygen atoms in total. The van der Waals surface area contributed by atoms with Gasteiger partial charge >= 0.3 is 0 Å². The maximum absolute atomic E-state index is 12.6. The van der Waals surface area contributed by atoms with E-state index in [1.165, 1.54) is 0 Å². The summed E-state index contributed by atoms with van der Waals surface area (Å²) in [6, 6.07) is 5.37. The number of anilines is 1. The van der Waals surface area contributed by atoms with E-state index < -0.39 is 6.10 Å². The number of fused-ring (bicyclic) bond motifs is 1. The fourth-order valence-electron chi connectivity index (χ4n) is 3.36. The number of nitrogens with one attached hydrogen (secondary N) is 1. The molecule has 1 aliphatic rings. The number of furan rings is 1. The Morgan fingerprint density at radius 2 is 2.08 bits per heavy atom. The summed E-state index contributed by atoms with van der Waals surface area (Å²) in [5.41, 5.74) is 3.00. The average Bonchev–Trinajstić information content (AvgIpc) is 2.78. The van der Waals surface area contributed by atoms with Gasteiger partial charge in [-0.25, -0.2) is 0 Å². The topological polar surface area (TPSA) is 62.5 Å². The maximum Gasteiger partial charge on any atom is 0.291 e. The van der Waals surface area contributed by atoms with Crippen molar-refractivity contribution in [3.8, 4) is 0 Å². The highest BCUT2D eigenvalue weighted by Gasteiger charge is 2.37. The molecule has 3 rings (SSSR count). The van der Waals surface area contributed by atoms with E-state index >= 15 is 0 Å². The van der Waals surface area contributed by atoms with Crippen molar-refractivity contribution in [3.05, 3.63) is 51.4 Å². The van der Waals surface area contributed by atoms with Crippen molar-refractivity contribution < 1.29 is 14.3 Å². The van der Waals surface area contributed by atoms with Crippen LogP contribution in [-0.2, 0) is 6.42 Å². The first-order valence-electron chi connectivity index (χ1n) is 8.06. The number of aryl methyl sites for hydroxylation is 1. The molecular formula is C19H22ClNO3. The van der Waals surface area contributed by atoms with Gasteiger partial charge in [-0.05, 0) is 43.4 Å². The first kappa shape index (κ1) is 17.1. The van der Waals surface area contributed by atoms with Gasteiger partial charge in [-0.3, -0.25) is 4.79 Å². The van der Waals surface area contributed by atoms with Crippen LogP contribution in [0, 0.1) is 19.3 Å². The van der Waals surface area contributed by atoms with Crippen LogP contribution in [0.4, 0.5) is 5.69 Å². The third kappa shape index (κ3) is 3.08. The lowest BCUT2D eigenvalue weighted by Gasteiger charge is -2.31. The molecule has 1 atom stereocenters. The zero-order valence-corrected chi connectivity index (χ0v) is 15.1. The van der Waals surface area contributed by atoms with Gasteiger partial charge in [0.15, 0.2) is 5.76 Å². The molecule has 2 aromatic rings. The van der Waals surface area contributed by atoms with Crippen LogP contribution < -0.4 is 5.32 Å². The summed E-state index contributed by atoms with van der Waals surface area (Å²) in [4.78, 5) is 12.6. The van der Waals surface area contributed by atoms with Gasteiger partial charge in [-0.1, -0.05) is 31.5 Å². The van der Waals surface area contributed by atoms with Crippen molar-refractivity contribution in [2.24, 2.45) is 5.41 Å². The molecule has 5 heteroatoms. The molecule has 128 valence electrons. The molecule has 1 aromatic heterocycles. The third-order valence-electron chi connectivity index (χ3n) is 4.62. The molecule has 2 N–H and O–H groups in total. The molecule has 0 saturated carbocycles. The predicted molar refractivity (Wildman–Crippen MR) is 94.6 cm³/mol. The number of carbonyl (C=O) groups excluding carboxylic acids is 1. The number of halogens is 1. The van der Waals surface area contributed by atoms with Gasteiger partial charge in [0.1, 0.15) is 5.76 Å². The van der Waals surface area contributed by atoms with E-state index in [1.807, 2.05) is 19.9 Å². The number of carbonyl (C=O) groups is 1. The zero-order chi connectivity index (χ0) is 17.6. The lowest BCUT2D eigenvalue weighted by atomic mass is 9.75. The van der Waals surface area contributed by atoms with Crippen LogP contribution in [-0.4, -0.2) is 11.0 Å². The van der Waals surface area contributed by atoms with E-state index in [0.717, 1.165) is 11.1 Å². The molecule has 24 heavy (non-hydrogen) atoms. The molecule has 1 aliphatic carbocycles. The first-order chi connectivity index (χ1) is 11.2. The van der Waals surface area contributed by atoms with Crippen LogP contribution in [0.5, 0.6) is 0 Å². The number of hydrogen-bond donors (Lipinski definition) is 2. The molecule has 1 aromatic carbocycles. The summed E-state index contributed by atoms with van der Waals surface area (Å²) in [5.74, 6) is 0.642. The lowest BCUT2D eigenvalue weighted by Crippen LogP contribution is -2.24. The highest BCUT2D eigenvalue weighted by Crippen LogP contribution is 2.44. The lowest BCUT2D eigenvalue weighted by molar-refractivity contribution is 0.0910. The quantitative estimate of drug-likeness (QED) is 0.819. The van der Waals surface area contributed by atoms with Crippen molar-refractivity contribution in [3.63, 3.8) is 0 Å². The minimum absolute atomic E-state index is 0.0467. The Hall–Kier alpha value is -1.78.